The molecule has 0 unspecified atom stereocenters. The van der Waals surface area contributed by atoms with Gasteiger partial charge < -0.3 is 9.72 Å². The van der Waals surface area contributed by atoms with E-state index in [1.807, 2.05) is 0 Å². The first-order valence-corrected chi connectivity index (χ1v) is 8.80. The highest BCUT2D eigenvalue weighted by Gasteiger charge is 2.32. The first kappa shape index (κ1) is 21.1. The normalized spacial score (nSPS) is 11.0. The number of carbonyl (C=O) groups is 1. The van der Waals surface area contributed by atoms with Crippen LogP contribution in [0.4, 0.5) is 22.0 Å². The highest BCUT2D eigenvalue weighted by molar-refractivity contribution is 6.39. The average Bonchev–Trinajstić information content (AvgIpc) is 3.09. The summed E-state index contributed by atoms with van der Waals surface area (Å²) in [6.45, 7) is 1.49. The molecule has 0 aliphatic rings. The smallest absolute Gasteiger partial charge is 0.355 e. The summed E-state index contributed by atoms with van der Waals surface area (Å²) in [5.74, 6) is -11.6. The molecule has 0 saturated heterocycles. The minimum atomic E-state index is -2.30. The molecule has 0 fully saturated rings. The molecule has 3 aromatic rings. The number of ether oxygens (including phenoxy) is 1. The highest BCUT2D eigenvalue weighted by Crippen LogP contribution is 2.44. The van der Waals surface area contributed by atoms with Crippen molar-refractivity contribution in [2.24, 2.45) is 0 Å². The Kier molecular flexibility index (Phi) is 5.86. The first-order chi connectivity index (χ1) is 13.7. The maximum Gasteiger partial charge on any atom is 0.355 e. The summed E-state index contributed by atoms with van der Waals surface area (Å²) in [7, 11) is 0. The van der Waals surface area contributed by atoms with Gasteiger partial charge in [-0.05, 0) is 19.1 Å². The molecule has 29 heavy (non-hydrogen) atoms. The molecule has 0 radical (unpaired) electrons. The van der Waals surface area contributed by atoms with Crippen LogP contribution in [0.25, 0.3) is 22.3 Å². The number of halogens is 7. The lowest BCUT2D eigenvalue weighted by atomic mass is 9.95. The number of aromatic amines is 1. The Morgan fingerprint density at radius 2 is 1.41 bits per heavy atom. The minimum absolute atomic E-state index is 0.0206. The summed E-state index contributed by atoms with van der Waals surface area (Å²) in [5, 5.41) is -0.0412. The van der Waals surface area contributed by atoms with Gasteiger partial charge in [-0.3, -0.25) is 0 Å². The molecule has 0 atom stereocenters. The van der Waals surface area contributed by atoms with Crippen molar-refractivity contribution in [3.8, 4) is 22.3 Å². The second-order valence-corrected chi connectivity index (χ2v) is 6.53. The van der Waals surface area contributed by atoms with Gasteiger partial charge in [-0.25, -0.2) is 26.7 Å². The molecule has 0 spiro atoms. The predicted molar refractivity (Wildman–Crippen MR) is 97.4 cm³/mol. The Labute approximate surface area is 171 Å². The molecule has 0 amide bonds. The van der Waals surface area contributed by atoms with Crippen molar-refractivity contribution in [3.63, 3.8) is 0 Å². The summed E-state index contributed by atoms with van der Waals surface area (Å²) in [6, 6.07) is 4.24. The fraction of sp³-hybridized carbons (Fsp3) is 0.105. The zero-order valence-corrected chi connectivity index (χ0v) is 16.0. The Bertz CT molecular complexity index is 1080. The number of rotatable bonds is 4. The second-order valence-electron chi connectivity index (χ2n) is 5.71. The van der Waals surface area contributed by atoms with Crippen molar-refractivity contribution in [3.05, 3.63) is 69.2 Å². The van der Waals surface area contributed by atoms with E-state index in [0.717, 1.165) is 6.20 Å². The lowest BCUT2D eigenvalue weighted by Crippen LogP contribution is -2.08. The van der Waals surface area contributed by atoms with E-state index in [2.05, 4.69) is 4.98 Å². The van der Waals surface area contributed by atoms with Crippen LogP contribution in [0.15, 0.2) is 24.4 Å². The van der Waals surface area contributed by atoms with Crippen LogP contribution in [-0.2, 0) is 4.74 Å². The zero-order valence-electron chi connectivity index (χ0n) is 14.5. The summed E-state index contributed by atoms with van der Waals surface area (Å²) in [6.07, 6.45) is 0.916. The van der Waals surface area contributed by atoms with Gasteiger partial charge in [0, 0.05) is 32.9 Å². The van der Waals surface area contributed by atoms with Crippen LogP contribution < -0.4 is 0 Å². The van der Waals surface area contributed by atoms with Crippen LogP contribution in [-0.4, -0.2) is 17.6 Å². The first-order valence-electron chi connectivity index (χ1n) is 8.05. The second kappa shape index (κ2) is 8.04. The van der Waals surface area contributed by atoms with Gasteiger partial charge in [-0.2, -0.15) is 0 Å². The SMILES string of the molecule is CCOC(=O)c1[nH]cc(-c2c(F)c(F)c(F)c(F)c2F)c1-c1c(Cl)cccc1Cl. The summed E-state index contributed by atoms with van der Waals surface area (Å²) >= 11 is 12.3. The molecule has 1 N–H and O–H groups in total. The number of hydrogen-bond donors (Lipinski definition) is 1. The monoisotopic (exact) mass is 449 g/mol. The fourth-order valence-corrected chi connectivity index (χ4v) is 3.41. The molecule has 2 aromatic carbocycles. The lowest BCUT2D eigenvalue weighted by Gasteiger charge is -2.13. The Hall–Kier alpha value is -2.58. The number of benzene rings is 2. The van der Waals surface area contributed by atoms with Crippen molar-refractivity contribution in [2.45, 2.75) is 6.92 Å². The molecule has 10 heteroatoms. The van der Waals surface area contributed by atoms with E-state index in [1.54, 1.807) is 0 Å². The van der Waals surface area contributed by atoms with Gasteiger partial charge in [0.25, 0.3) is 0 Å². The largest absolute Gasteiger partial charge is 0.461 e. The fourth-order valence-electron chi connectivity index (χ4n) is 2.82. The van der Waals surface area contributed by atoms with E-state index in [4.69, 9.17) is 27.9 Å². The molecule has 1 aromatic heterocycles. The van der Waals surface area contributed by atoms with E-state index in [0.29, 0.717) is 0 Å². The maximum atomic E-state index is 14.4. The molecule has 1 heterocycles. The molecule has 3 rings (SSSR count). The van der Waals surface area contributed by atoms with Crippen molar-refractivity contribution >= 4 is 29.2 Å². The van der Waals surface area contributed by atoms with Gasteiger partial charge >= 0.3 is 5.97 Å². The van der Waals surface area contributed by atoms with E-state index in [1.165, 1.54) is 25.1 Å². The van der Waals surface area contributed by atoms with Gasteiger partial charge in [-0.15, -0.1) is 0 Å². The third kappa shape index (κ3) is 3.47. The Balaban J connectivity index is 2.44. The van der Waals surface area contributed by atoms with E-state index in [-0.39, 0.29) is 33.5 Å². The molecular formula is C19H10Cl2F5NO2. The van der Waals surface area contributed by atoms with Crippen LogP contribution >= 0.6 is 23.2 Å². The summed E-state index contributed by atoms with van der Waals surface area (Å²) in [5.41, 5.74) is -2.36. The van der Waals surface area contributed by atoms with Crippen molar-refractivity contribution < 1.29 is 31.5 Å². The Morgan fingerprint density at radius 1 is 0.897 bits per heavy atom. The van der Waals surface area contributed by atoms with E-state index in [9.17, 15) is 26.7 Å². The minimum Gasteiger partial charge on any atom is -0.461 e. The van der Waals surface area contributed by atoms with Gasteiger partial charge in [-0.1, -0.05) is 29.3 Å². The number of aromatic nitrogens is 1. The van der Waals surface area contributed by atoms with Crippen LogP contribution in [0.2, 0.25) is 10.0 Å². The Morgan fingerprint density at radius 3 is 1.93 bits per heavy atom. The molecule has 0 aliphatic heterocycles. The van der Waals surface area contributed by atoms with E-state index < -0.39 is 46.2 Å². The van der Waals surface area contributed by atoms with Gasteiger partial charge in [0.05, 0.1) is 12.2 Å². The number of nitrogens with one attached hydrogen (secondary N) is 1. The van der Waals surface area contributed by atoms with Crippen molar-refractivity contribution in [1.82, 2.24) is 4.98 Å². The molecule has 0 saturated carbocycles. The molecule has 3 nitrogen and oxygen atoms in total. The maximum absolute atomic E-state index is 14.4. The van der Waals surface area contributed by atoms with Gasteiger partial charge in [0.1, 0.15) is 5.69 Å². The average molecular weight is 450 g/mol. The standard InChI is InChI=1S/C19H10Cl2F5NO2/c1-2-29-19(28)18-10(12-8(20)4-3-5-9(12)21)7(6-27-18)11-13(22)15(24)17(26)16(25)14(11)23/h3-6,27H,2H2,1H3. The third-order valence-corrected chi connectivity index (χ3v) is 4.68. The van der Waals surface area contributed by atoms with Crippen LogP contribution in [0, 0.1) is 29.1 Å². The van der Waals surface area contributed by atoms with Crippen LogP contribution in [0.1, 0.15) is 17.4 Å². The number of esters is 1. The van der Waals surface area contributed by atoms with Gasteiger partial charge in [0.2, 0.25) is 5.82 Å². The summed E-state index contributed by atoms with van der Waals surface area (Å²) < 4.78 is 74.7. The van der Waals surface area contributed by atoms with Crippen LogP contribution in [0.5, 0.6) is 0 Å². The van der Waals surface area contributed by atoms with E-state index >= 15 is 0 Å². The predicted octanol–water partition coefficient (Wildman–Crippen LogP) is 6.53. The van der Waals surface area contributed by atoms with Gasteiger partial charge in [0.15, 0.2) is 23.3 Å². The zero-order chi connectivity index (χ0) is 21.5. The van der Waals surface area contributed by atoms with Crippen molar-refractivity contribution in [2.75, 3.05) is 6.61 Å². The van der Waals surface area contributed by atoms with Crippen LogP contribution in [0.3, 0.4) is 0 Å². The number of H-pyrrole nitrogens is 1. The number of carbonyl (C=O) groups excluding carboxylic acids is 1. The molecular weight excluding hydrogens is 440 g/mol. The topological polar surface area (TPSA) is 42.1 Å². The molecule has 0 aliphatic carbocycles. The number of hydrogen-bond acceptors (Lipinski definition) is 2. The van der Waals surface area contributed by atoms with Crippen molar-refractivity contribution in [1.29, 1.82) is 0 Å². The third-order valence-electron chi connectivity index (χ3n) is 4.05. The lowest BCUT2D eigenvalue weighted by molar-refractivity contribution is 0.0521. The molecule has 0 bridgehead atoms. The summed E-state index contributed by atoms with van der Waals surface area (Å²) in [4.78, 5) is 14.8. The molecule has 152 valence electrons. The highest BCUT2D eigenvalue weighted by atomic mass is 35.5. The quantitative estimate of drug-likeness (QED) is 0.213.